The highest BCUT2D eigenvalue weighted by molar-refractivity contribution is 5.89. The predicted octanol–water partition coefficient (Wildman–Crippen LogP) is 2.11. The standard InChI is InChI=1S/C12H17FN2O2/c1-2-11(16)6-7-14-12(17)15-10-5-3-4-9(13)8-10/h3-5,8,11,16H,2,6-7H2,1H3,(H2,14,15,17). The monoisotopic (exact) mass is 240 g/mol. The van der Waals surface area contributed by atoms with Crippen molar-refractivity contribution in [3.8, 4) is 0 Å². The topological polar surface area (TPSA) is 61.4 Å². The Morgan fingerprint density at radius 3 is 2.94 bits per heavy atom. The number of amides is 2. The summed E-state index contributed by atoms with van der Waals surface area (Å²) in [4.78, 5) is 11.4. The summed E-state index contributed by atoms with van der Waals surface area (Å²) in [5, 5.41) is 14.4. The summed E-state index contributed by atoms with van der Waals surface area (Å²) in [6.07, 6.45) is 0.768. The third-order valence-corrected chi connectivity index (χ3v) is 2.32. The van der Waals surface area contributed by atoms with E-state index in [0.717, 1.165) is 0 Å². The number of aliphatic hydroxyl groups is 1. The zero-order chi connectivity index (χ0) is 12.7. The molecule has 1 rings (SSSR count). The highest BCUT2D eigenvalue weighted by atomic mass is 19.1. The average Bonchev–Trinajstić information content (AvgIpc) is 2.28. The van der Waals surface area contributed by atoms with Crippen LogP contribution in [0.25, 0.3) is 0 Å². The highest BCUT2D eigenvalue weighted by Gasteiger charge is 2.04. The summed E-state index contributed by atoms with van der Waals surface area (Å²) in [7, 11) is 0. The molecule has 1 atom stereocenters. The summed E-state index contributed by atoms with van der Waals surface area (Å²) >= 11 is 0. The first-order valence-electron chi connectivity index (χ1n) is 5.60. The van der Waals surface area contributed by atoms with E-state index in [9.17, 15) is 14.3 Å². The number of hydrogen-bond acceptors (Lipinski definition) is 2. The Morgan fingerprint density at radius 2 is 2.29 bits per heavy atom. The second-order valence-electron chi connectivity index (χ2n) is 3.74. The number of hydrogen-bond donors (Lipinski definition) is 3. The van der Waals surface area contributed by atoms with Crippen LogP contribution in [0.3, 0.4) is 0 Å². The fourth-order valence-corrected chi connectivity index (χ4v) is 1.30. The van der Waals surface area contributed by atoms with Crippen molar-refractivity contribution in [1.29, 1.82) is 0 Å². The van der Waals surface area contributed by atoms with Crippen LogP contribution in [0.2, 0.25) is 0 Å². The molecule has 1 unspecified atom stereocenters. The largest absolute Gasteiger partial charge is 0.393 e. The van der Waals surface area contributed by atoms with E-state index < -0.39 is 18.0 Å². The van der Waals surface area contributed by atoms with Gasteiger partial charge in [-0.3, -0.25) is 0 Å². The van der Waals surface area contributed by atoms with Gasteiger partial charge in [0, 0.05) is 12.2 Å². The summed E-state index contributed by atoms with van der Waals surface area (Å²) in [5.74, 6) is -0.399. The van der Waals surface area contributed by atoms with Gasteiger partial charge in [0.15, 0.2) is 0 Å². The van der Waals surface area contributed by atoms with Gasteiger partial charge in [-0.2, -0.15) is 0 Å². The maximum Gasteiger partial charge on any atom is 0.319 e. The van der Waals surface area contributed by atoms with E-state index in [1.165, 1.54) is 18.2 Å². The lowest BCUT2D eigenvalue weighted by Gasteiger charge is -2.10. The van der Waals surface area contributed by atoms with E-state index in [1.54, 1.807) is 6.07 Å². The molecule has 0 aliphatic carbocycles. The van der Waals surface area contributed by atoms with Crippen molar-refractivity contribution >= 4 is 11.7 Å². The summed E-state index contributed by atoms with van der Waals surface area (Å²) in [6, 6.07) is 5.26. The molecule has 4 nitrogen and oxygen atoms in total. The van der Waals surface area contributed by atoms with Crippen molar-refractivity contribution in [3.05, 3.63) is 30.1 Å². The molecule has 1 aromatic carbocycles. The Kier molecular flexibility index (Phi) is 5.42. The molecule has 0 aliphatic rings. The van der Waals surface area contributed by atoms with Crippen molar-refractivity contribution < 1.29 is 14.3 Å². The fraction of sp³-hybridized carbons (Fsp3) is 0.417. The van der Waals surface area contributed by atoms with Gasteiger partial charge in [0.1, 0.15) is 5.82 Å². The maximum absolute atomic E-state index is 12.8. The number of anilines is 1. The van der Waals surface area contributed by atoms with Crippen LogP contribution in [0.5, 0.6) is 0 Å². The number of carbonyl (C=O) groups excluding carboxylic acids is 1. The van der Waals surface area contributed by atoms with Gasteiger partial charge in [0.2, 0.25) is 0 Å². The minimum Gasteiger partial charge on any atom is -0.393 e. The molecule has 0 bridgehead atoms. The van der Waals surface area contributed by atoms with Crippen LogP contribution < -0.4 is 10.6 Å². The van der Waals surface area contributed by atoms with Gasteiger partial charge in [0.05, 0.1) is 6.10 Å². The van der Waals surface area contributed by atoms with Crippen LogP contribution in [-0.2, 0) is 0 Å². The number of nitrogens with one attached hydrogen (secondary N) is 2. The average molecular weight is 240 g/mol. The molecule has 3 N–H and O–H groups in total. The first-order chi connectivity index (χ1) is 8.11. The SMILES string of the molecule is CCC(O)CCNC(=O)Nc1cccc(F)c1. The normalized spacial score (nSPS) is 11.9. The number of benzene rings is 1. The molecule has 0 radical (unpaired) electrons. The number of urea groups is 1. The third-order valence-electron chi connectivity index (χ3n) is 2.32. The van der Waals surface area contributed by atoms with E-state index in [-0.39, 0.29) is 0 Å². The van der Waals surface area contributed by atoms with E-state index >= 15 is 0 Å². The second-order valence-corrected chi connectivity index (χ2v) is 3.74. The Hall–Kier alpha value is -1.62. The molecule has 5 heteroatoms. The van der Waals surface area contributed by atoms with Crippen LogP contribution in [0.1, 0.15) is 19.8 Å². The minimum absolute atomic E-state index is 0.385. The van der Waals surface area contributed by atoms with Crippen molar-refractivity contribution in [2.75, 3.05) is 11.9 Å². The molecule has 0 spiro atoms. The Labute approximate surface area is 99.8 Å². The zero-order valence-corrected chi connectivity index (χ0v) is 9.74. The molecule has 94 valence electrons. The van der Waals surface area contributed by atoms with Crippen LogP contribution in [0.4, 0.5) is 14.9 Å². The molecule has 0 saturated carbocycles. The second kappa shape index (κ2) is 6.85. The Morgan fingerprint density at radius 1 is 1.53 bits per heavy atom. The molecule has 0 aliphatic heterocycles. The number of aliphatic hydroxyl groups excluding tert-OH is 1. The van der Waals surface area contributed by atoms with Crippen molar-refractivity contribution in [2.45, 2.75) is 25.9 Å². The summed E-state index contributed by atoms with van der Waals surface area (Å²) < 4.78 is 12.8. The van der Waals surface area contributed by atoms with Crippen LogP contribution in [0.15, 0.2) is 24.3 Å². The lowest BCUT2D eigenvalue weighted by atomic mass is 10.2. The van der Waals surface area contributed by atoms with Gasteiger partial charge in [-0.1, -0.05) is 13.0 Å². The quantitative estimate of drug-likeness (QED) is 0.738. The molecule has 1 aromatic rings. The summed E-state index contributed by atoms with van der Waals surface area (Å²) in [6.45, 7) is 2.26. The van der Waals surface area contributed by atoms with Crippen molar-refractivity contribution in [3.63, 3.8) is 0 Å². The van der Waals surface area contributed by atoms with E-state index in [1.807, 2.05) is 6.92 Å². The molecular weight excluding hydrogens is 223 g/mol. The Bertz CT molecular complexity index is 371. The number of carbonyl (C=O) groups is 1. The smallest absolute Gasteiger partial charge is 0.319 e. The molecule has 0 aromatic heterocycles. The van der Waals surface area contributed by atoms with Gasteiger partial charge in [-0.15, -0.1) is 0 Å². The van der Waals surface area contributed by atoms with Gasteiger partial charge in [-0.05, 0) is 31.0 Å². The van der Waals surface area contributed by atoms with Gasteiger partial charge in [0.25, 0.3) is 0 Å². The van der Waals surface area contributed by atoms with Gasteiger partial charge in [-0.25, -0.2) is 9.18 Å². The first kappa shape index (κ1) is 13.4. The highest BCUT2D eigenvalue weighted by Crippen LogP contribution is 2.08. The molecule has 0 fully saturated rings. The number of rotatable bonds is 5. The number of halogens is 1. The van der Waals surface area contributed by atoms with Crippen molar-refractivity contribution in [1.82, 2.24) is 5.32 Å². The maximum atomic E-state index is 12.8. The van der Waals surface area contributed by atoms with E-state index in [0.29, 0.717) is 25.1 Å². The van der Waals surface area contributed by atoms with Gasteiger partial charge >= 0.3 is 6.03 Å². The summed E-state index contributed by atoms with van der Waals surface area (Å²) in [5.41, 5.74) is 0.401. The van der Waals surface area contributed by atoms with Crippen LogP contribution >= 0.6 is 0 Å². The van der Waals surface area contributed by atoms with E-state index in [4.69, 9.17) is 0 Å². The molecule has 2 amide bonds. The van der Waals surface area contributed by atoms with E-state index in [2.05, 4.69) is 10.6 Å². The molecule has 17 heavy (non-hydrogen) atoms. The van der Waals surface area contributed by atoms with Crippen LogP contribution in [0, 0.1) is 5.82 Å². The van der Waals surface area contributed by atoms with Crippen molar-refractivity contribution in [2.24, 2.45) is 0 Å². The third kappa shape index (κ3) is 5.31. The van der Waals surface area contributed by atoms with Gasteiger partial charge < -0.3 is 15.7 Å². The lowest BCUT2D eigenvalue weighted by molar-refractivity contribution is 0.160. The first-order valence-corrected chi connectivity index (χ1v) is 5.60. The predicted molar refractivity (Wildman–Crippen MR) is 64.3 cm³/mol. The Balaban J connectivity index is 2.30. The molecule has 0 heterocycles. The fourth-order valence-electron chi connectivity index (χ4n) is 1.30. The lowest BCUT2D eigenvalue weighted by Crippen LogP contribution is -2.31. The minimum atomic E-state index is -0.404. The molecular formula is C12H17FN2O2. The van der Waals surface area contributed by atoms with Crippen LogP contribution in [-0.4, -0.2) is 23.8 Å². The zero-order valence-electron chi connectivity index (χ0n) is 9.74. The molecule has 0 saturated heterocycles.